The van der Waals surface area contributed by atoms with Crippen LogP contribution in [0.1, 0.15) is 11.1 Å². The quantitative estimate of drug-likeness (QED) is 0.623. The van der Waals surface area contributed by atoms with Crippen molar-refractivity contribution in [3.63, 3.8) is 0 Å². The number of hydrogen-bond donors (Lipinski definition) is 1. The monoisotopic (exact) mass is 427 g/mol. The molecule has 0 fully saturated rings. The van der Waals surface area contributed by atoms with E-state index in [1.165, 1.54) is 19.7 Å². The number of aromatic nitrogens is 2. The summed E-state index contributed by atoms with van der Waals surface area (Å²) in [7, 11) is -1.41. The second kappa shape index (κ2) is 8.07. The number of nitrogens with one attached hydrogen (secondary N) is 1. The summed E-state index contributed by atoms with van der Waals surface area (Å²) in [5.74, 6) is -1.18. The van der Waals surface area contributed by atoms with Gasteiger partial charge in [0.15, 0.2) is 0 Å². The molecule has 0 aliphatic heterocycles. The minimum Gasteiger partial charge on any atom is -0.497 e. The Balaban J connectivity index is 2.00. The van der Waals surface area contributed by atoms with Crippen molar-refractivity contribution in [1.29, 1.82) is 0 Å². The lowest BCUT2D eigenvalue weighted by Gasteiger charge is -2.13. The van der Waals surface area contributed by atoms with Crippen LogP contribution in [-0.4, -0.2) is 32.8 Å². The fraction of sp³-hybridized carbons (Fsp3) is 0.176. The fourth-order valence-corrected chi connectivity index (χ4v) is 4.32. The van der Waals surface area contributed by atoms with Crippen LogP contribution in [0.4, 0.5) is 13.9 Å². The van der Waals surface area contributed by atoms with E-state index in [2.05, 4.69) is 14.9 Å². The highest BCUT2D eigenvalue weighted by atomic mass is 32.2. The van der Waals surface area contributed by atoms with Gasteiger partial charge in [0, 0.05) is 18.1 Å². The molecule has 28 heavy (non-hydrogen) atoms. The van der Waals surface area contributed by atoms with Gasteiger partial charge in [-0.1, -0.05) is 17.4 Å². The molecule has 1 N–H and O–H groups in total. The highest BCUT2D eigenvalue weighted by molar-refractivity contribution is 7.93. The minimum absolute atomic E-state index is 0.0258. The van der Waals surface area contributed by atoms with Gasteiger partial charge in [-0.05, 0) is 23.8 Å². The lowest BCUT2D eigenvalue weighted by Crippen LogP contribution is -2.16. The predicted molar refractivity (Wildman–Crippen MR) is 99.4 cm³/mol. The maximum Gasteiger partial charge on any atom is 0.266 e. The van der Waals surface area contributed by atoms with E-state index in [1.807, 2.05) is 0 Å². The molecular weight excluding hydrogens is 412 g/mol. The van der Waals surface area contributed by atoms with Gasteiger partial charge in [0.2, 0.25) is 5.13 Å². The molecule has 11 heteroatoms. The third-order valence-corrected chi connectivity index (χ3v) is 5.98. The van der Waals surface area contributed by atoms with Crippen LogP contribution in [-0.2, 0) is 16.4 Å². The first-order valence-electron chi connectivity index (χ1n) is 7.82. The van der Waals surface area contributed by atoms with E-state index in [0.717, 1.165) is 23.5 Å². The number of hydrogen-bond acceptors (Lipinski definition) is 7. The Morgan fingerprint density at radius 3 is 2.57 bits per heavy atom. The van der Waals surface area contributed by atoms with Gasteiger partial charge in [0.1, 0.15) is 33.5 Å². The van der Waals surface area contributed by atoms with E-state index in [1.54, 1.807) is 18.2 Å². The number of halogens is 2. The predicted octanol–water partition coefficient (Wildman–Crippen LogP) is 3.23. The van der Waals surface area contributed by atoms with Crippen LogP contribution in [0.25, 0.3) is 0 Å². The first-order valence-corrected chi connectivity index (χ1v) is 10.2. The van der Waals surface area contributed by atoms with Crippen LogP contribution < -0.4 is 14.2 Å². The summed E-state index contributed by atoms with van der Waals surface area (Å²) in [4.78, 5) is -0.688. The second-order valence-electron chi connectivity index (χ2n) is 5.54. The molecule has 148 valence electrons. The Morgan fingerprint density at radius 1 is 1.14 bits per heavy atom. The molecule has 0 bridgehead atoms. The lowest BCUT2D eigenvalue weighted by atomic mass is 10.0. The van der Waals surface area contributed by atoms with Crippen molar-refractivity contribution >= 4 is 26.5 Å². The van der Waals surface area contributed by atoms with Gasteiger partial charge in [0.25, 0.3) is 10.0 Å². The molecule has 0 radical (unpaired) electrons. The standard InChI is InChI=1S/C17H15F2N3O4S2/c1-25-11-4-3-10(14(8-11)26-2)7-12-13(18)5-6-15(16(12)19)28(23,24)22-17-21-20-9-27-17/h3-6,8-9H,7H2,1-2H3,(H,21,22). The molecule has 0 unspecified atom stereocenters. The molecule has 7 nitrogen and oxygen atoms in total. The fourth-order valence-electron chi connectivity index (χ4n) is 2.52. The summed E-state index contributed by atoms with van der Waals surface area (Å²) in [5.41, 5.74) is 1.39. The molecular formula is C17H15F2N3O4S2. The maximum atomic E-state index is 15.0. The Morgan fingerprint density at radius 2 is 1.93 bits per heavy atom. The van der Waals surface area contributed by atoms with E-state index in [9.17, 15) is 17.2 Å². The van der Waals surface area contributed by atoms with Crippen LogP contribution in [0.3, 0.4) is 0 Å². The normalized spacial score (nSPS) is 11.3. The Kier molecular flexibility index (Phi) is 5.75. The molecule has 2 aromatic carbocycles. The van der Waals surface area contributed by atoms with Crippen molar-refractivity contribution in [2.75, 3.05) is 18.9 Å². The number of anilines is 1. The Bertz CT molecular complexity index is 1090. The van der Waals surface area contributed by atoms with Crippen molar-refractivity contribution in [3.8, 4) is 11.5 Å². The minimum atomic E-state index is -4.31. The average Bonchev–Trinajstić information content (AvgIpc) is 3.17. The largest absolute Gasteiger partial charge is 0.497 e. The number of benzene rings is 2. The van der Waals surface area contributed by atoms with Crippen LogP contribution in [0.2, 0.25) is 0 Å². The molecule has 3 aromatic rings. The highest BCUT2D eigenvalue weighted by Crippen LogP contribution is 2.30. The summed E-state index contributed by atoms with van der Waals surface area (Å²) in [6.07, 6.45) is -0.215. The summed E-state index contributed by atoms with van der Waals surface area (Å²) < 4.78 is 66.7. The third-order valence-electron chi connectivity index (χ3n) is 3.88. The van der Waals surface area contributed by atoms with E-state index in [0.29, 0.717) is 17.1 Å². The van der Waals surface area contributed by atoms with Crippen LogP contribution in [0.5, 0.6) is 11.5 Å². The number of nitrogens with zero attached hydrogens (tertiary/aromatic N) is 2. The zero-order valence-corrected chi connectivity index (χ0v) is 16.4. The molecule has 1 aromatic heterocycles. The second-order valence-corrected chi connectivity index (χ2v) is 8.03. The highest BCUT2D eigenvalue weighted by Gasteiger charge is 2.25. The topological polar surface area (TPSA) is 90.4 Å². The van der Waals surface area contributed by atoms with Gasteiger partial charge in [-0.25, -0.2) is 17.2 Å². The smallest absolute Gasteiger partial charge is 0.266 e. The van der Waals surface area contributed by atoms with Gasteiger partial charge in [-0.2, -0.15) is 0 Å². The average molecular weight is 427 g/mol. The third kappa shape index (κ3) is 4.04. The van der Waals surface area contributed by atoms with E-state index >= 15 is 0 Å². The Labute approximate surface area is 164 Å². The summed E-state index contributed by atoms with van der Waals surface area (Å²) in [6, 6.07) is 6.55. The lowest BCUT2D eigenvalue weighted by molar-refractivity contribution is 0.391. The molecule has 0 spiro atoms. The van der Waals surface area contributed by atoms with Crippen molar-refractivity contribution in [3.05, 3.63) is 58.6 Å². The SMILES string of the molecule is COc1ccc(Cc2c(F)ccc(S(=O)(=O)Nc3nncs3)c2F)c(OC)c1. The van der Waals surface area contributed by atoms with E-state index in [4.69, 9.17) is 9.47 Å². The van der Waals surface area contributed by atoms with Gasteiger partial charge >= 0.3 is 0 Å². The molecule has 3 rings (SSSR count). The number of ether oxygens (including phenoxy) is 2. The maximum absolute atomic E-state index is 15.0. The summed E-state index contributed by atoms with van der Waals surface area (Å²) in [6.45, 7) is 0. The van der Waals surface area contributed by atoms with Gasteiger partial charge in [-0.15, -0.1) is 10.2 Å². The molecule has 0 saturated heterocycles. The zero-order chi connectivity index (χ0) is 20.3. The number of methoxy groups -OCH3 is 2. The Hall–Kier alpha value is -2.79. The summed E-state index contributed by atoms with van der Waals surface area (Å²) in [5, 5.41) is 7.04. The van der Waals surface area contributed by atoms with Gasteiger partial charge in [0.05, 0.1) is 14.2 Å². The van der Waals surface area contributed by atoms with E-state index < -0.39 is 32.1 Å². The molecule has 0 saturated carbocycles. The molecule has 1 heterocycles. The summed E-state index contributed by atoms with van der Waals surface area (Å²) >= 11 is 0.931. The van der Waals surface area contributed by atoms with E-state index in [-0.39, 0.29) is 11.6 Å². The number of rotatable bonds is 7. The molecule has 0 amide bonds. The molecule has 0 atom stereocenters. The van der Waals surface area contributed by atoms with Gasteiger partial charge in [-0.3, -0.25) is 4.72 Å². The number of sulfonamides is 1. The first kappa shape index (κ1) is 20.0. The van der Waals surface area contributed by atoms with Crippen molar-refractivity contribution in [1.82, 2.24) is 10.2 Å². The molecule has 0 aliphatic carbocycles. The van der Waals surface area contributed by atoms with Crippen molar-refractivity contribution in [2.24, 2.45) is 0 Å². The van der Waals surface area contributed by atoms with Crippen LogP contribution in [0.15, 0.2) is 40.7 Å². The first-order chi connectivity index (χ1) is 13.4. The van der Waals surface area contributed by atoms with Gasteiger partial charge < -0.3 is 9.47 Å². The van der Waals surface area contributed by atoms with Crippen LogP contribution in [0, 0.1) is 11.6 Å². The van der Waals surface area contributed by atoms with Crippen molar-refractivity contribution < 1.29 is 26.7 Å². The zero-order valence-electron chi connectivity index (χ0n) is 14.8. The molecule has 0 aliphatic rings. The van der Waals surface area contributed by atoms with Crippen molar-refractivity contribution in [2.45, 2.75) is 11.3 Å². The van der Waals surface area contributed by atoms with Crippen LogP contribution >= 0.6 is 11.3 Å².